The fraction of sp³-hybridized carbons (Fsp3) is 0.364. The quantitative estimate of drug-likeness (QED) is 0.0816. The van der Waals surface area contributed by atoms with Crippen molar-refractivity contribution in [1.82, 2.24) is 35.6 Å². The van der Waals surface area contributed by atoms with E-state index in [0.717, 1.165) is 62.5 Å². The van der Waals surface area contributed by atoms with Gasteiger partial charge in [-0.2, -0.15) is 0 Å². The van der Waals surface area contributed by atoms with Gasteiger partial charge in [0.25, 0.3) is 11.8 Å². The molecule has 3 atom stereocenters. The van der Waals surface area contributed by atoms with Crippen LogP contribution in [0.25, 0.3) is 0 Å². The molecule has 70 heavy (non-hydrogen) atoms. The highest BCUT2D eigenvalue weighted by Gasteiger charge is 2.40. The highest BCUT2D eigenvalue weighted by atomic mass is 19.1. The summed E-state index contributed by atoms with van der Waals surface area (Å²) in [5, 5.41) is 20.3. The maximum absolute atomic E-state index is 14.1. The molecule has 4 N–H and O–H groups in total. The fourth-order valence-electron chi connectivity index (χ4n) is 8.69. The maximum Gasteiger partial charge on any atom is 0.253 e. The van der Waals surface area contributed by atoms with Crippen LogP contribution in [-0.2, 0) is 40.4 Å². The molecule has 3 aliphatic rings. The first kappa shape index (κ1) is 52.6. The van der Waals surface area contributed by atoms with E-state index in [1.54, 1.807) is 28.9 Å². The Balaban J connectivity index is 0.000000246. The summed E-state index contributed by atoms with van der Waals surface area (Å²) in [6, 6.07) is 35.3. The molecule has 3 saturated heterocycles. The van der Waals surface area contributed by atoms with E-state index < -0.39 is 35.7 Å². The lowest BCUT2D eigenvalue weighted by Gasteiger charge is -2.28. The number of carbonyl (C=O) groups is 5. The second-order valence-electron chi connectivity index (χ2n) is 17.9. The van der Waals surface area contributed by atoms with E-state index >= 15 is 0 Å². The summed E-state index contributed by atoms with van der Waals surface area (Å²) in [6.07, 6.45) is 1.75. The number of aryl methyl sites for hydroxylation is 1. The molecular formula is C55H65F2N7O6. The number of halogens is 2. The summed E-state index contributed by atoms with van der Waals surface area (Å²) in [6.45, 7) is 11.0. The average molecular weight is 958 g/mol. The SMILES string of the molecule is CCCN(CCC)C(=O)c1cc(C)cc(C(=O)N[C@@H](Cc2cc(F)cc(F)c2)[C@H](O)[C@@H]2NCN(Cc3ccccc3)C2=O)c1.O=C1CCCN1Cc1ccccc1.O=C1CNCN1Cc1ccccc1. The van der Waals surface area contributed by atoms with Crippen LogP contribution >= 0.6 is 0 Å². The lowest BCUT2D eigenvalue weighted by Crippen LogP contribution is -2.54. The number of carbonyl (C=O) groups excluding carboxylic acids is 5. The van der Waals surface area contributed by atoms with Crippen LogP contribution in [0.5, 0.6) is 0 Å². The molecule has 0 aliphatic carbocycles. The summed E-state index contributed by atoms with van der Waals surface area (Å²) in [4.78, 5) is 69.8. The van der Waals surface area contributed by atoms with Crippen molar-refractivity contribution >= 4 is 29.5 Å². The molecule has 5 amide bonds. The number of nitrogens with zero attached hydrogens (tertiary/aromatic N) is 4. The molecule has 3 fully saturated rings. The number of aliphatic hydroxyl groups excluding tert-OH is 1. The Bertz CT molecular complexity index is 2430. The lowest BCUT2D eigenvalue weighted by molar-refractivity contribution is -0.132. The van der Waals surface area contributed by atoms with Gasteiger partial charge in [-0.25, -0.2) is 8.78 Å². The molecule has 0 saturated carbocycles. The predicted molar refractivity (Wildman–Crippen MR) is 265 cm³/mol. The minimum absolute atomic E-state index is 0.149. The van der Waals surface area contributed by atoms with Gasteiger partial charge in [-0.15, -0.1) is 0 Å². The number of amides is 5. The number of hydrogen-bond acceptors (Lipinski definition) is 8. The van der Waals surface area contributed by atoms with Crippen molar-refractivity contribution in [3.63, 3.8) is 0 Å². The van der Waals surface area contributed by atoms with Crippen LogP contribution in [0, 0.1) is 18.6 Å². The zero-order valence-corrected chi connectivity index (χ0v) is 40.3. The molecule has 8 rings (SSSR count). The van der Waals surface area contributed by atoms with Crippen LogP contribution in [0.2, 0.25) is 0 Å². The van der Waals surface area contributed by atoms with Crippen molar-refractivity contribution in [2.75, 3.05) is 39.5 Å². The highest BCUT2D eigenvalue weighted by Crippen LogP contribution is 2.20. The summed E-state index contributed by atoms with van der Waals surface area (Å²) in [5.41, 5.74) is 4.78. The number of rotatable bonds is 17. The molecule has 3 aliphatic heterocycles. The largest absolute Gasteiger partial charge is 0.389 e. The van der Waals surface area contributed by atoms with Crippen LogP contribution < -0.4 is 16.0 Å². The first-order chi connectivity index (χ1) is 33.8. The first-order valence-corrected chi connectivity index (χ1v) is 24.1. The molecule has 15 heteroatoms. The van der Waals surface area contributed by atoms with Crippen molar-refractivity contribution in [3.8, 4) is 0 Å². The van der Waals surface area contributed by atoms with Crippen LogP contribution in [0.1, 0.15) is 88.1 Å². The Hall–Kier alpha value is -6.81. The van der Waals surface area contributed by atoms with Gasteiger partial charge in [0.05, 0.1) is 32.0 Å². The standard InChI is InChI=1S/C34H40F2N4O4.C11H13NO.C10H12N2O/c1-4-11-39(12-5-2)33(43)26-14-22(3)13-25(18-26)32(42)38-29(17-24-15-27(35)19-28(36)16-24)31(41)30-34(44)40(21-37-30)20-23-9-7-6-8-10-23;13-11-7-4-8-12(11)9-10-5-2-1-3-6-10;13-10-6-11-8-12(10)7-9-4-2-1-3-5-9/h6-10,13-16,18-19,29-31,37,41H,4-5,11-12,17,20-21H2,1-3H3,(H,38,42);1-3,5-6H,4,7-9H2;1-5,11H,6-8H2/t29-,30-,31-;;/m0../s1. The second kappa shape index (κ2) is 26.2. The van der Waals surface area contributed by atoms with Gasteiger partial charge in [-0.3, -0.25) is 34.6 Å². The minimum Gasteiger partial charge on any atom is -0.389 e. The average Bonchev–Trinajstić information content (AvgIpc) is 4.07. The van der Waals surface area contributed by atoms with Crippen molar-refractivity contribution in [3.05, 3.63) is 178 Å². The van der Waals surface area contributed by atoms with E-state index in [1.807, 2.05) is 103 Å². The normalized spacial score (nSPS) is 16.3. The Morgan fingerprint density at radius 2 is 1.24 bits per heavy atom. The van der Waals surface area contributed by atoms with Crippen molar-refractivity contribution in [2.45, 2.75) is 90.7 Å². The van der Waals surface area contributed by atoms with Crippen molar-refractivity contribution < 1.29 is 37.9 Å². The molecule has 5 aromatic rings. The van der Waals surface area contributed by atoms with E-state index in [9.17, 15) is 37.9 Å². The van der Waals surface area contributed by atoms with Crippen LogP contribution in [-0.4, -0.2) is 112 Å². The minimum atomic E-state index is -1.44. The lowest BCUT2D eigenvalue weighted by atomic mass is 9.95. The van der Waals surface area contributed by atoms with Gasteiger partial charge in [-0.05, 0) is 90.8 Å². The van der Waals surface area contributed by atoms with Crippen LogP contribution in [0.4, 0.5) is 8.78 Å². The fourth-order valence-corrected chi connectivity index (χ4v) is 8.69. The van der Waals surface area contributed by atoms with Gasteiger partial charge in [-0.1, -0.05) is 105 Å². The Morgan fingerprint density at radius 1 is 0.700 bits per heavy atom. The molecular weight excluding hydrogens is 893 g/mol. The molecule has 0 aromatic heterocycles. The van der Waals surface area contributed by atoms with E-state index in [0.29, 0.717) is 56.4 Å². The number of hydrogen-bond donors (Lipinski definition) is 4. The van der Waals surface area contributed by atoms with Gasteiger partial charge < -0.3 is 30.0 Å². The van der Waals surface area contributed by atoms with Gasteiger partial charge in [0.15, 0.2) is 0 Å². The third kappa shape index (κ3) is 15.3. The number of nitrogens with one attached hydrogen (secondary N) is 3. The van der Waals surface area contributed by atoms with Crippen LogP contribution in [0.3, 0.4) is 0 Å². The summed E-state index contributed by atoms with van der Waals surface area (Å²) in [7, 11) is 0. The zero-order valence-electron chi connectivity index (χ0n) is 40.3. The summed E-state index contributed by atoms with van der Waals surface area (Å²) < 4.78 is 28.1. The molecule has 370 valence electrons. The predicted octanol–water partition coefficient (Wildman–Crippen LogP) is 6.58. The van der Waals surface area contributed by atoms with Crippen LogP contribution in [0.15, 0.2) is 127 Å². The van der Waals surface area contributed by atoms with E-state index in [4.69, 9.17) is 0 Å². The molecule has 0 unspecified atom stereocenters. The van der Waals surface area contributed by atoms with Gasteiger partial charge >= 0.3 is 0 Å². The Kier molecular flexibility index (Phi) is 19.7. The monoisotopic (exact) mass is 957 g/mol. The number of likely N-dealkylation sites (tertiary alicyclic amines) is 1. The summed E-state index contributed by atoms with van der Waals surface area (Å²) >= 11 is 0. The summed E-state index contributed by atoms with van der Waals surface area (Å²) in [5.74, 6) is -2.25. The molecule has 0 bridgehead atoms. The van der Waals surface area contributed by atoms with E-state index in [1.165, 1.54) is 17.2 Å². The topological polar surface area (TPSA) is 155 Å². The number of benzene rings is 5. The second-order valence-corrected chi connectivity index (χ2v) is 17.9. The molecule has 0 spiro atoms. The third-order valence-corrected chi connectivity index (χ3v) is 12.1. The first-order valence-electron chi connectivity index (χ1n) is 24.1. The van der Waals surface area contributed by atoms with E-state index in [-0.39, 0.29) is 41.9 Å². The molecule has 3 heterocycles. The van der Waals surface area contributed by atoms with Gasteiger partial charge in [0.1, 0.15) is 17.7 Å². The number of aliphatic hydroxyl groups is 1. The molecule has 0 radical (unpaired) electrons. The van der Waals surface area contributed by atoms with Gasteiger partial charge in [0, 0.05) is 62.9 Å². The smallest absolute Gasteiger partial charge is 0.253 e. The molecule has 5 aromatic carbocycles. The van der Waals surface area contributed by atoms with Crippen molar-refractivity contribution in [1.29, 1.82) is 0 Å². The van der Waals surface area contributed by atoms with E-state index in [2.05, 4.69) is 28.1 Å². The molecule has 13 nitrogen and oxygen atoms in total. The Morgan fingerprint density at radius 3 is 1.76 bits per heavy atom. The van der Waals surface area contributed by atoms with Crippen molar-refractivity contribution in [2.24, 2.45) is 0 Å². The third-order valence-electron chi connectivity index (χ3n) is 12.1. The highest BCUT2D eigenvalue weighted by molar-refractivity contribution is 6.00. The zero-order chi connectivity index (χ0) is 50.0. The maximum atomic E-state index is 14.1. The van der Waals surface area contributed by atoms with Gasteiger partial charge in [0.2, 0.25) is 17.7 Å². The Labute approximate surface area is 409 Å².